The van der Waals surface area contributed by atoms with E-state index in [-0.39, 0.29) is 5.91 Å². The second-order valence-electron chi connectivity index (χ2n) is 3.52. The summed E-state index contributed by atoms with van der Waals surface area (Å²) in [6.07, 6.45) is 0. The molecule has 0 unspecified atom stereocenters. The number of aromatic nitrogens is 2. The van der Waals surface area contributed by atoms with Gasteiger partial charge in [0, 0.05) is 20.9 Å². The third kappa shape index (κ3) is 2.98. The molecular formula is C11H9ClIN3O. The van der Waals surface area contributed by atoms with Crippen LogP contribution in [-0.4, -0.2) is 16.1 Å². The average Bonchev–Trinajstić information content (AvgIpc) is 2.68. The Morgan fingerprint density at radius 2 is 2.24 bits per heavy atom. The lowest BCUT2D eigenvalue weighted by atomic mass is 10.2. The van der Waals surface area contributed by atoms with Gasteiger partial charge in [-0.1, -0.05) is 11.6 Å². The predicted molar refractivity (Wildman–Crippen MR) is 75.4 cm³/mol. The second-order valence-corrected chi connectivity index (χ2v) is 5.09. The van der Waals surface area contributed by atoms with Crippen molar-refractivity contribution in [3.63, 3.8) is 0 Å². The predicted octanol–water partition coefficient (Wildman–Crippen LogP) is 3.23. The smallest absolute Gasteiger partial charge is 0.256 e. The van der Waals surface area contributed by atoms with E-state index in [2.05, 4.69) is 38.1 Å². The van der Waals surface area contributed by atoms with Gasteiger partial charge in [0.2, 0.25) is 0 Å². The van der Waals surface area contributed by atoms with Crippen LogP contribution in [0.4, 0.5) is 5.82 Å². The molecule has 1 amide bonds. The molecule has 1 heterocycles. The van der Waals surface area contributed by atoms with Gasteiger partial charge in [-0.25, -0.2) is 0 Å². The Bertz CT molecular complexity index is 568. The van der Waals surface area contributed by atoms with E-state index in [1.54, 1.807) is 24.3 Å². The number of halogens is 2. The van der Waals surface area contributed by atoms with Gasteiger partial charge in [-0.15, -0.1) is 0 Å². The number of benzene rings is 1. The number of rotatable bonds is 2. The lowest BCUT2D eigenvalue weighted by Gasteiger charge is -2.03. The number of hydrogen-bond acceptors (Lipinski definition) is 2. The van der Waals surface area contributed by atoms with E-state index < -0.39 is 0 Å². The number of H-pyrrole nitrogens is 1. The molecule has 0 aliphatic heterocycles. The molecule has 17 heavy (non-hydrogen) atoms. The minimum Gasteiger partial charge on any atom is -0.305 e. The summed E-state index contributed by atoms with van der Waals surface area (Å²) in [5, 5.41) is 9.93. The minimum atomic E-state index is -0.227. The van der Waals surface area contributed by atoms with Crippen molar-refractivity contribution in [1.29, 1.82) is 0 Å². The number of nitrogens with one attached hydrogen (secondary N) is 2. The molecule has 0 saturated heterocycles. The topological polar surface area (TPSA) is 57.8 Å². The molecule has 6 heteroatoms. The SMILES string of the molecule is Cc1cc(NC(=O)c2ccc(I)c(Cl)c2)n[nH]1. The number of hydrogen-bond donors (Lipinski definition) is 2. The fourth-order valence-corrected chi connectivity index (χ4v) is 1.82. The number of carbonyl (C=O) groups excluding carboxylic acids is 1. The van der Waals surface area contributed by atoms with E-state index in [1.165, 1.54) is 0 Å². The van der Waals surface area contributed by atoms with Gasteiger partial charge in [-0.2, -0.15) is 5.10 Å². The number of carbonyl (C=O) groups is 1. The molecule has 2 N–H and O–H groups in total. The van der Waals surface area contributed by atoms with Gasteiger partial charge in [-0.3, -0.25) is 9.89 Å². The van der Waals surface area contributed by atoms with E-state index >= 15 is 0 Å². The highest BCUT2D eigenvalue weighted by Gasteiger charge is 2.09. The number of nitrogens with zero attached hydrogens (tertiary/aromatic N) is 1. The van der Waals surface area contributed by atoms with Crippen LogP contribution in [0.25, 0.3) is 0 Å². The molecule has 0 aliphatic carbocycles. The fraction of sp³-hybridized carbons (Fsp3) is 0.0909. The minimum absolute atomic E-state index is 0.227. The van der Waals surface area contributed by atoms with Crippen LogP contribution in [0.15, 0.2) is 24.3 Å². The van der Waals surface area contributed by atoms with Crippen molar-refractivity contribution >= 4 is 45.9 Å². The van der Waals surface area contributed by atoms with Crippen LogP contribution in [0.2, 0.25) is 5.02 Å². The molecule has 2 aromatic rings. The molecule has 0 fully saturated rings. The highest BCUT2D eigenvalue weighted by atomic mass is 127. The first-order chi connectivity index (χ1) is 8.06. The fourth-order valence-electron chi connectivity index (χ4n) is 1.31. The van der Waals surface area contributed by atoms with E-state index in [1.807, 2.05) is 6.92 Å². The van der Waals surface area contributed by atoms with Crippen molar-refractivity contribution in [1.82, 2.24) is 10.2 Å². The van der Waals surface area contributed by atoms with E-state index in [0.717, 1.165) is 9.26 Å². The first-order valence-electron chi connectivity index (χ1n) is 4.84. The monoisotopic (exact) mass is 361 g/mol. The molecule has 0 bridgehead atoms. The Kier molecular flexibility index (Phi) is 3.68. The summed E-state index contributed by atoms with van der Waals surface area (Å²) < 4.78 is 0.913. The summed E-state index contributed by atoms with van der Waals surface area (Å²) in [5.74, 6) is 0.275. The van der Waals surface area contributed by atoms with Crippen molar-refractivity contribution in [3.8, 4) is 0 Å². The van der Waals surface area contributed by atoms with Crippen molar-refractivity contribution < 1.29 is 4.79 Å². The Balaban J connectivity index is 2.17. The van der Waals surface area contributed by atoms with E-state index in [0.29, 0.717) is 16.4 Å². The molecular weight excluding hydrogens is 352 g/mol. The zero-order valence-corrected chi connectivity index (χ0v) is 11.8. The third-order valence-corrected chi connectivity index (χ3v) is 3.70. The molecule has 0 atom stereocenters. The Hall–Kier alpha value is -1.08. The van der Waals surface area contributed by atoms with Crippen LogP contribution in [0.5, 0.6) is 0 Å². The maximum absolute atomic E-state index is 11.9. The molecule has 4 nitrogen and oxygen atoms in total. The Morgan fingerprint density at radius 1 is 1.47 bits per heavy atom. The van der Waals surface area contributed by atoms with Gasteiger partial charge in [0.05, 0.1) is 5.02 Å². The van der Waals surface area contributed by atoms with E-state index in [9.17, 15) is 4.79 Å². The molecule has 1 aromatic carbocycles. The summed E-state index contributed by atoms with van der Waals surface area (Å²) in [4.78, 5) is 11.9. The highest BCUT2D eigenvalue weighted by Crippen LogP contribution is 2.20. The molecule has 88 valence electrons. The van der Waals surface area contributed by atoms with Crippen LogP contribution in [0.3, 0.4) is 0 Å². The molecule has 1 aromatic heterocycles. The third-order valence-electron chi connectivity index (χ3n) is 2.13. The van der Waals surface area contributed by atoms with Gasteiger partial charge in [0.15, 0.2) is 5.82 Å². The van der Waals surface area contributed by atoms with Gasteiger partial charge in [0.25, 0.3) is 5.91 Å². The summed E-state index contributed by atoms with van der Waals surface area (Å²) >= 11 is 8.07. The quantitative estimate of drug-likeness (QED) is 0.807. The zero-order chi connectivity index (χ0) is 12.4. The molecule has 0 aliphatic rings. The Labute approximate surface area is 117 Å². The summed E-state index contributed by atoms with van der Waals surface area (Å²) in [6, 6.07) is 6.92. The van der Waals surface area contributed by atoms with Crippen LogP contribution in [0.1, 0.15) is 16.1 Å². The van der Waals surface area contributed by atoms with Crippen LogP contribution in [-0.2, 0) is 0 Å². The number of aryl methyl sites for hydroxylation is 1. The zero-order valence-electron chi connectivity index (χ0n) is 8.92. The first-order valence-corrected chi connectivity index (χ1v) is 6.30. The van der Waals surface area contributed by atoms with Gasteiger partial charge >= 0.3 is 0 Å². The van der Waals surface area contributed by atoms with E-state index in [4.69, 9.17) is 11.6 Å². The Morgan fingerprint density at radius 3 is 2.82 bits per heavy atom. The first kappa shape index (κ1) is 12.4. The lowest BCUT2D eigenvalue weighted by molar-refractivity contribution is 0.102. The molecule has 2 rings (SSSR count). The standard InChI is InChI=1S/C11H9ClIN3O/c1-6-4-10(16-15-6)14-11(17)7-2-3-9(13)8(12)5-7/h2-5H,1H3,(H2,14,15,16,17). The van der Waals surface area contributed by atoms with Gasteiger partial charge in [0.1, 0.15) is 0 Å². The van der Waals surface area contributed by atoms with Crippen molar-refractivity contribution in [2.75, 3.05) is 5.32 Å². The maximum Gasteiger partial charge on any atom is 0.256 e. The summed E-state index contributed by atoms with van der Waals surface area (Å²) in [7, 11) is 0. The lowest BCUT2D eigenvalue weighted by Crippen LogP contribution is -2.12. The number of anilines is 1. The normalized spacial score (nSPS) is 10.3. The molecule has 0 spiro atoms. The largest absolute Gasteiger partial charge is 0.305 e. The van der Waals surface area contributed by atoms with Gasteiger partial charge in [-0.05, 0) is 47.7 Å². The van der Waals surface area contributed by atoms with Crippen LogP contribution < -0.4 is 5.32 Å². The number of amides is 1. The van der Waals surface area contributed by atoms with Crippen LogP contribution >= 0.6 is 34.2 Å². The second kappa shape index (κ2) is 5.05. The summed E-state index contributed by atoms with van der Waals surface area (Å²) in [6.45, 7) is 1.87. The maximum atomic E-state index is 11.9. The summed E-state index contributed by atoms with van der Waals surface area (Å²) in [5.41, 5.74) is 1.40. The average molecular weight is 362 g/mol. The van der Waals surface area contributed by atoms with Gasteiger partial charge < -0.3 is 5.32 Å². The highest BCUT2D eigenvalue weighted by molar-refractivity contribution is 14.1. The number of aromatic amines is 1. The van der Waals surface area contributed by atoms with Crippen molar-refractivity contribution in [2.45, 2.75) is 6.92 Å². The molecule has 0 saturated carbocycles. The van der Waals surface area contributed by atoms with Crippen LogP contribution in [0, 0.1) is 10.5 Å². The van der Waals surface area contributed by atoms with Crippen molar-refractivity contribution in [3.05, 3.63) is 44.1 Å². The van der Waals surface area contributed by atoms with Crippen molar-refractivity contribution in [2.24, 2.45) is 0 Å². The molecule has 0 radical (unpaired) electrons.